The van der Waals surface area contributed by atoms with Gasteiger partial charge in [-0.3, -0.25) is 0 Å². The van der Waals surface area contributed by atoms with Gasteiger partial charge >= 0.3 is 62.1 Å². The number of rotatable bonds is 13. The summed E-state index contributed by atoms with van der Waals surface area (Å²) in [6.45, 7) is 0. The van der Waals surface area contributed by atoms with Crippen molar-refractivity contribution in [1.29, 1.82) is 0 Å². The number of hydrogen-bond donors (Lipinski definition) is 0. The maximum atomic E-state index is 3.23. The fourth-order valence-corrected chi connectivity index (χ4v) is 15.6. The first-order valence-electron chi connectivity index (χ1n) is 16.4. The molecule has 0 aliphatic rings. The van der Waals surface area contributed by atoms with Crippen LogP contribution in [-0.4, -0.2) is 12.3 Å². The molecule has 6 aromatic rings. The van der Waals surface area contributed by atoms with Crippen LogP contribution in [0.4, 0.5) is 0 Å². The molecule has 0 fully saturated rings. The second-order valence-corrected chi connectivity index (χ2v) is 50.5. The van der Waals surface area contributed by atoms with Crippen LogP contribution < -0.4 is 31.8 Å². The van der Waals surface area contributed by atoms with Gasteiger partial charge in [0.25, 0.3) is 0 Å². The van der Waals surface area contributed by atoms with Crippen LogP contribution in [-0.2, 0) is 5.46 Å². The van der Waals surface area contributed by atoms with E-state index >= 15 is 0 Å². The van der Waals surface area contributed by atoms with E-state index in [1.54, 1.807) is 0 Å². The Morgan fingerprint density at radius 3 is 0.612 bits per heavy atom. The van der Waals surface area contributed by atoms with Crippen LogP contribution in [0.5, 0.6) is 0 Å². The smallest absolute Gasteiger partial charge is 0.0620 e. The molecule has 0 saturated heterocycles. The van der Waals surface area contributed by atoms with Crippen LogP contribution in [0.15, 0.2) is 182 Å². The summed E-state index contributed by atoms with van der Waals surface area (Å²) in [7, 11) is -3.54. The van der Waals surface area contributed by atoms with Gasteiger partial charge in [0.2, 0.25) is 0 Å². The first-order valence-corrected chi connectivity index (χ1v) is 30.7. The second-order valence-electron chi connectivity index (χ2n) is 11.8. The molecule has 49 heavy (non-hydrogen) atoms. The third-order valence-corrected chi connectivity index (χ3v) is 18.0. The van der Waals surface area contributed by atoms with E-state index in [2.05, 4.69) is 239 Å². The average Bonchev–Trinajstić information content (AvgIpc) is 3.15. The van der Waals surface area contributed by atoms with Crippen molar-refractivity contribution in [3.8, 4) is 0 Å². The second kappa shape index (κ2) is 19.4. The van der Waals surface area contributed by atoms with Crippen LogP contribution in [0.3, 0.4) is 0 Å². The van der Waals surface area contributed by atoms with Gasteiger partial charge in [-0.15, -0.1) is 0 Å². The van der Waals surface area contributed by atoms with Crippen molar-refractivity contribution < 1.29 is 5.46 Å². The predicted octanol–water partition coefficient (Wildman–Crippen LogP) is 11.9. The maximum absolute atomic E-state index is 3.23. The van der Waals surface area contributed by atoms with Crippen molar-refractivity contribution in [3.05, 3.63) is 182 Å². The van der Waals surface area contributed by atoms with Crippen LogP contribution in [0.2, 0.25) is 0 Å². The molecule has 6 aromatic carbocycles. The van der Waals surface area contributed by atoms with Crippen molar-refractivity contribution in [2.75, 3.05) is 12.3 Å². The molecule has 0 N–H and O–H groups in total. The minimum atomic E-state index is -1.77. The first-order chi connectivity index (χ1) is 23.8. The molecule has 7 heteroatoms. The number of hydrogen-bond acceptors (Lipinski definition) is 0. The summed E-state index contributed by atoms with van der Waals surface area (Å²) in [5, 5.41) is 8.91. The standard InChI is InChI=1S/C42H42P2.4BrH.Co/c1(21-35-43(37-23-9-3-10-24-37,38-25-11-4-12-26-38)39-27-13-5-14-28-39)2-22-36-44(40-29-15-6-16-30-40,41-31-17-7-18-32-41)42-33-19-8-20-34-42;;;;;/h3-20,23-34H,1-2,21-22,35-36H2;4*1H;/q+2;;;;;+2/p-4. The largest absolute Gasteiger partial charge is 0.112 e. The topological polar surface area (TPSA) is 0 Å². The van der Waals surface area contributed by atoms with Crippen molar-refractivity contribution in [2.45, 2.75) is 25.7 Å². The van der Waals surface area contributed by atoms with Gasteiger partial charge in [-0.1, -0.05) is 109 Å². The zero-order valence-corrected chi connectivity index (χ0v) is 36.5. The minimum Gasteiger partial charge on any atom is -0.0620 e. The van der Waals surface area contributed by atoms with Gasteiger partial charge in [0.15, 0.2) is 0 Å². The molecule has 0 aliphatic carbocycles. The first kappa shape index (κ1) is 38.8. The average molecular weight is 987 g/mol. The molecular formula is C42H42Br4CoP2. The molecule has 0 amide bonds. The molecule has 0 atom stereocenters. The Bertz CT molecular complexity index is 1460. The van der Waals surface area contributed by atoms with E-state index < -0.39 is 20.0 Å². The minimum absolute atomic E-state index is 1.12. The van der Waals surface area contributed by atoms with E-state index in [-0.39, 0.29) is 0 Å². The molecule has 0 heterocycles. The zero-order chi connectivity index (χ0) is 34.4. The van der Waals surface area contributed by atoms with Gasteiger partial charge in [0, 0.05) is 0 Å². The summed E-state index contributed by atoms with van der Waals surface area (Å²) in [4.78, 5) is 0. The van der Waals surface area contributed by atoms with Gasteiger partial charge in [0.05, 0.1) is 12.3 Å². The van der Waals surface area contributed by atoms with Crippen molar-refractivity contribution in [3.63, 3.8) is 0 Å². The Morgan fingerprint density at radius 1 is 0.286 bits per heavy atom. The van der Waals surface area contributed by atoms with Crippen molar-refractivity contribution in [2.24, 2.45) is 0 Å². The van der Waals surface area contributed by atoms with E-state index in [9.17, 15) is 0 Å². The zero-order valence-electron chi connectivity index (χ0n) is 27.3. The fourth-order valence-electron chi connectivity index (χ4n) is 6.82. The molecule has 6 rings (SSSR count). The Morgan fingerprint density at radius 2 is 0.449 bits per heavy atom. The third-order valence-electron chi connectivity index (χ3n) is 8.92. The summed E-state index contributed by atoms with van der Waals surface area (Å²) in [6.07, 6.45) is 7.32. The molecular weight excluding hydrogens is 945 g/mol. The summed E-state index contributed by atoms with van der Waals surface area (Å²) < 4.78 is 0. The van der Waals surface area contributed by atoms with Crippen molar-refractivity contribution >= 4 is 103 Å². The molecule has 257 valence electrons. The van der Waals surface area contributed by atoms with Gasteiger partial charge < -0.3 is 0 Å². The molecule has 0 aliphatic heterocycles. The Kier molecular flexibility index (Phi) is 15.4. The van der Waals surface area contributed by atoms with Gasteiger partial charge in [-0.05, 0) is 98.5 Å². The Labute approximate surface area is 325 Å². The number of halogens is 4. The number of benzene rings is 6. The molecule has 0 unspecified atom stereocenters. The monoisotopic (exact) mass is 983 g/mol. The number of unbranched alkanes of at least 4 members (excludes halogenated alkanes) is 3. The summed E-state index contributed by atoms with van der Waals surface area (Å²) in [6, 6.07) is 67.9. The van der Waals surface area contributed by atoms with E-state index in [1.807, 2.05) is 0 Å². The SMILES string of the molecule is [Br][Co-2]([Br])([Br])[Br].c1ccc([P+](CCCCCC[P+](c2ccccc2)(c2ccccc2)c2ccccc2)(c2ccccc2)c2ccccc2)cc1. The van der Waals surface area contributed by atoms with E-state index in [4.69, 9.17) is 0 Å². The predicted molar refractivity (Wildman–Crippen MR) is 234 cm³/mol. The van der Waals surface area contributed by atoms with Crippen molar-refractivity contribution in [1.82, 2.24) is 0 Å². The third kappa shape index (κ3) is 10.6. The van der Waals surface area contributed by atoms with Gasteiger partial charge in [-0.2, -0.15) is 0 Å². The quantitative estimate of drug-likeness (QED) is 0.0799. The van der Waals surface area contributed by atoms with Crippen LogP contribution in [0, 0.1) is 0 Å². The van der Waals surface area contributed by atoms with Crippen LogP contribution in [0.25, 0.3) is 0 Å². The molecule has 0 aromatic heterocycles. The molecule has 0 nitrogen and oxygen atoms in total. The Balaban J connectivity index is 0.000000874. The maximum Gasteiger partial charge on any atom is 0.112 e. The molecule has 0 saturated carbocycles. The summed E-state index contributed by atoms with van der Waals surface area (Å²) >= 11 is 12.9. The fraction of sp³-hybridized carbons (Fsp3) is 0.143. The van der Waals surface area contributed by atoms with Crippen LogP contribution in [0.1, 0.15) is 25.7 Å². The molecule has 0 radical (unpaired) electrons. The van der Waals surface area contributed by atoms with Gasteiger partial charge in [-0.25, -0.2) is 0 Å². The van der Waals surface area contributed by atoms with E-state index in [1.165, 1.54) is 69.8 Å². The van der Waals surface area contributed by atoms with E-state index in [0.717, 1.165) is 0 Å². The van der Waals surface area contributed by atoms with Gasteiger partial charge in [0.1, 0.15) is 46.4 Å². The summed E-state index contributed by atoms with van der Waals surface area (Å²) in [5.74, 6) is 0. The van der Waals surface area contributed by atoms with Crippen LogP contribution >= 0.6 is 71.2 Å². The molecule has 0 spiro atoms. The normalized spacial score (nSPS) is 12.1. The van der Waals surface area contributed by atoms with E-state index in [0.29, 0.717) is 0 Å². The Hall–Kier alpha value is -1.39. The summed E-state index contributed by atoms with van der Waals surface area (Å²) in [5.41, 5.74) is -1.12. The molecule has 0 bridgehead atoms.